The molecule has 2 aromatic carbocycles. The standard InChI is InChI=1S/C28H26N4O5S2/c1-2-37-20-13-11-19(12-14-20)32-26(34)24-21-5-3-4-6-22(21)39-25(24)30-28(32)38-16-23(33)31-29-15-17-7-9-18(10-8-17)27(35)36/h7-15H,2-6,16H2,1H3,(H,31,33)(H,35,36). The van der Waals surface area contributed by atoms with E-state index < -0.39 is 5.97 Å². The van der Waals surface area contributed by atoms with Crippen molar-refractivity contribution < 1.29 is 19.4 Å². The number of thiophene rings is 1. The van der Waals surface area contributed by atoms with Gasteiger partial charge in [-0.05, 0) is 80.1 Å². The Labute approximate surface area is 232 Å². The van der Waals surface area contributed by atoms with Crippen molar-refractivity contribution in [1.29, 1.82) is 0 Å². The maximum atomic E-state index is 13.9. The van der Waals surface area contributed by atoms with E-state index in [-0.39, 0.29) is 22.8 Å². The Bertz CT molecular complexity index is 1610. The van der Waals surface area contributed by atoms with Crippen LogP contribution >= 0.6 is 23.1 Å². The number of benzene rings is 2. The van der Waals surface area contributed by atoms with Crippen LogP contribution in [-0.2, 0) is 17.6 Å². The minimum absolute atomic E-state index is 0.00461. The van der Waals surface area contributed by atoms with Crippen molar-refractivity contribution in [2.75, 3.05) is 12.4 Å². The first kappa shape index (κ1) is 26.6. The predicted molar refractivity (Wildman–Crippen MR) is 153 cm³/mol. The molecular formula is C28H26N4O5S2. The molecule has 0 aliphatic heterocycles. The number of nitrogens with one attached hydrogen (secondary N) is 1. The first-order valence-electron chi connectivity index (χ1n) is 12.5. The molecule has 0 fully saturated rings. The Morgan fingerprint density at radius 2 is 1.90 bits per heavy atom. The summed E-state index contributed by atoms with van der Waals surface area (Å²) in [5.74, 6) is -0.672. The molecule has 1 amide bonds. The summed E-state index contributed by atoms with van der Waals surface area (Å²) < 4.78 is 7.13. The number of carbonyl (C=O) groups excluding carboxylic acids is 1. The fourth-order valence-electron chi connectivity index (χ4n) is 4.42. The first-order valence-corrected chi connectivity index (χ1v) is 14.3. The number of amides is 1. The van der Waals surface area contributed by atoms with Crippen LogP contribution in [0.15, 0.2) is 63.6 Å². The molecule has 4 aromatic rings. The van der Waals surface area contributed by atoms with Gasteiger partial charge in [-0.2, -0.15) is 5.10 Å². The topological polar surface area (TPSA) is 123 Å². The smallest absolute Gasteiger partial charge is 0.335 e. The number of aromatic nitrogens is 2. The number of hydrogen-bond donors (Lipinski definition) is 2. The average molecular weight is 563 g/mol. The summed E-state index contributed by atoms with van der Waals surface area (Å²) in [7, 11) is 0. The third-order valence-corrected chi connectivity index (χ3v) is 8.38. The summed E-state index contributed by atoms with van der Waals surface area (Å²) in [4.78, 5) is 44.2. The highest BCUT2D eigenvalue weighted by Gasteiger charge is 2.23. The highest BCUT2D eigenvalue weighted by Crippen LogP contribution is 2.35. The summed E-state index contributed by atoms with van der Waals surface area (Å²) in [6.07, 6.45) is 5.44. The number of aromatic carboxylic acids is 1. The van der Waals surface area contributed by atoms with Gasteiger partial charge in [-0.1, -0.05) is 23.9 Å². The van der Waals surface area contributed by atoms with Crippen molar-refractivity contribution in [2.45, 2.75) is 37.8 Å². The van der Waals surface area contributed by atoms with E-state index in [2.05, 4.69) is 10.5 Å². The maximum Gasteiger partial charge on any atom is 0.335 e. The monoisotopic (exact) mass is 562 g/mol. The molecule has 2 N–H and O–H groups in total. The lowest BCUT2D eigenvalue weighted by Crippen LogP contribution is -2.24. The van der Waals surface area contributed by atoms with Gasteiger partial charge in [0.05, 0.1) is 35.2 Å². The third-order valence-electron chi connectivity index (χ3n) is 6.26. The lowest BCUT2D eigenvalue weighted by atomic mass is 9.97. The zero-order valence-corrected chi connectivity index (χ0v) is 22.8. The van der Waals surface area contributed by atoms with Crippen LogP contribution in [0.5, 0.6) is 5.75 Å². The molecule has 9 nitrogen and oxygen atoms in total. The fourth-order valence-corrected chi connectivity index (χ4v) is 6.53. The second-order valence-corrected chi connectivity index (χ2v) is 10.9. The van der Waals surface area contributed by atoms with Crippen LogP contribution in [0, 0.1) is 0 Å². The summed E-state index contributed by atoms with van der Waals surface area (Å²) in [6.45, 7) is 2.45. The Kier molecular flexibility index (Phi) is 8.08. The molecule has 0 spiro atoms. The number of carboxylic acid groups (broad SMARTS) is 1. The second-order valence-electron chi connectivity index (χ2n) is 8.86. The molecule has 5 rings (SSSR count). The number of hydrazone groups is 1. The molecule has 0 atom stereocenters. The van der Waals surface area contributed by atoms with Gasteiger partial charge in [-0.3, -0.25) is 14.2 Å². The van der Waals surface area contributed by atoms with Gasteiger partial charge in [-0.25, -0.2) is 15.2 Å². The van der Waals surface area contributed by atoms with Crippen molar-refractivity contribution in [1.82, 2.24) is 15.0 Å². The quantitative estimate of drug-likeness (QED) is 0.132. The normalized spacial score (nSPS) is 12.9. The Hall–Kier alpha value is -3.96. The number of fused-ring (bicyclic) bond motifs is 3. The summed E-state index contributed by atoms with van der Waals surface area (Å²) in [6, 6.07) is 13.4. The van der Waals surface area contributed by atoms with Gasteiger partial charge in [0.2, 0.25) is 0 Å². The lowest BCUT2D eigenvalue weighted by molar-refractivity contribution is -0.118. The number of nitrogens with zero attached hydrogens (tertiary/aromatic N) is 3. The van der Waals surface area contributed by atoms with Gasteiger partial charge in [0.25, 0.3) is 11.5 Å². The number of thioether (sulfide) groups is 1. The van der Waals surface area contributed by atoms with E-state index in [0.717, 1.165) is 31.2 Å². The van der Waals surface area contributed by atoms with Crippen molar-refractivity contribution in [3.63, 3.8) is 0 Å². The van der Waals surface area contributed by atoms with Gasteiger partial charge >= 0.3 is 5.97 Å². The van der Waals surface area contributed by atoms with Crippen molar-refractivity contribution in [2.24, 2.45) is 5.10 Å². The number of carbonyl (C=O) groups is 2. The van der Waals surface area contributed by atoms with Crippen LogP contribution in [0.2, 0.25) is 0 Å². The number of ether oxygens (including phenoxy) is 1. The molecule has 2 aromatic heterocycles. The lowest BCUT2D eigenvalue weighted by Gasteiger charge is -2.14. The largest absolute Gasteiger partial charge is 0.494 e. The Morgan fingerprint density at radius 1 is 1.15 bits per heavy atom. The van der Waals surface area contributed by atoms with Gasteiger partial charge in [0.1, 0.15) is 10.6 Å². The molecule has 1 aliphatic carbocycles. The predicted octanol–water partition coefficient (Wildman–Crippen LogP) is 4.67. The van der Waals surface area contributed by atoms with Crippen LogP contribution in [0.1, 0.15) is 46.1 Å². The van der Waals surface area contributed by atoms with Gasteiger partial charge < -0.3 is 9.84 Å². The van der Waals surface area contributed by atoms with E-state index in [9.17, 15) is 14.4 Å². The zero-order valence-electron chi connectivity index (χ0n) is 21.2. The summed E-state index contributed by atoms with van der Waals surface area (Å²) in [5, 5.41) is 14.1. The third kappa shape index (κ3) is 5.89. The first-order chi connectivity index (χ1) is 18.9. The van der Waals surface area contributed by atoms with E-state index in [1.165, 1.54) is 35.0 Å². The molecule has 200 valence electrons. The van der Waals surface area contributed by atoms with Crippen LogP contribution in [0.4, 0.5) is 0 Å². The number of hydrogen-bond acceptors (Lipinski definition) is 8. The van der Waals surface area contributed by atoms with E-state index in [0.29, 0.717) is 39.0 Å². The maximum absolute atomic E-state index is 13.9. The minimum Gasteiger partial charge on any atom is -0.494 e. The number of aryl methyl sites for hydroxylation is 2. The highest BCUT2D eigenvalue weighted by molar-refractivity contribution is 7.99. The zero-order chi connectivity index (χ0) is 27.4. The van der Waals surface area contributed by atoms with Gasteiger partial charge in [0, 0.05) is 4.88 Å². The van der Waals surface area contributed by atoms with Crippen LogP contribution in [0.25, 0.3) is 15.9 Å². The van der Waals surface area contributed by atoms with Crippen LogP contribution in [0.3, 0.4) is 0 Å². The average Bonchev–Trinajstić information content (AvgIpc) is 3.32. The molecule has 0 saturated carbocycles. The Balaban J connectivity index is 1.39. The molecule has 0 bridgehead atoms. The molecule has 0 saturated heterocycles. The molecule has 0 unspecified atom stereocenters. The van der Waals surface area contributed by atoms with E-state index in [1.54, 1.807) is 28.0 Å². The molecular weight excluding hydrogens is 536 g/mol. The number of rotatable bonds is 9. The van der Waals surface area contributed by atoms with Gasteiger partial charge in [-0.15, -0.1) is 11.3 Å². The van der Waals surface area contributed by atoms with Crippen LogP contribution < -0.4 is 15.7 Å². The molecule has 2 heterocycles. The van der Waals surface area contributed by atoms with E-state index >= 15 is 0 Å². The van der Waals surface area contributed by atoms with Crippen molar-refractivity contribution >= 4 is 51.4 Å². The molecule has 1 aliphatic rings. The van der Waals surface area contributed by atoms with Gasteiger partial charge in [0.15, 0.2) is 5.16 Å². The van der Waals surface area contributed by atoms with Crippen LogP contribution in [-0.4, -0.2) is 45.1 Å². The second kappa shape index (κ2) is 11.8. The molecule has 11 heteroatoms. The molecule has 39 heavy (non-hydrogen) atoms. The summed E-state index contributed by atoms with van der Waals surface area (Å²) >= 11 is 2.74. The minimum atomic E-state index is -1.01. The van der Waals surface area contributed by atoms with E-state index in [1.807, 2.05) is 31.2 Å². The summed E-state index contributed by atoms with van der Waals surface area (Å²) in [5.41, 5.74) is 4.92. The van der Waals surface area contributed by atoms with Crippen molar-refractivity contribution in [3.8, 4) is 11.4 Å². The highest BCUT2D eigenvalue weighted by atomic mass is 32.2. The SMILES string of the molecule is CCOc1ccc(-n2c(SCC(=O)NN=Cc3ccc(C(=O)O)cc3)nc3sc4c(c3c2=O)CCCC4)cc1. The molecule has 0 radical (unpaired) electrons. The van der Waals surface area contributed by atoms with E-state index in [4.69, 9.17) is 14.8 Å². The van der Waals surface area contributed by atoms with Crippen molar-refractivity contribution in [3.05, 3.63) is 80.5 Å². The number of carboxylic acids is 1. The fraction of sp³-hybridized carbons (Fsp3) is 0.250. The Morgan fingerprint density at radius 3 is 2.62 bits per heavy atom.